The van der Waals surface area contributed by atoms with E-state index in [0.717, 1.165) is 0 Å². The summed E-state index contributed by atoms with van der Waals surface area (Å²) in [7, 11) is -1.62. The molecule has 0 bridgehead atoms. The highest BCUT2D eigenvalue weighted by molar-refractivity contribution is 6.87. The summed E-state index contributed by atoms with van der Waals surface area (Å²) in [6, 6.07) is 0. The van der Waals surface area contributed by atoms with Crippen molar-refractivity contribution in [3.8, 4) is 11.5 Å². The van der Waals surface area contributed by atoms with Gasteiger partial charge in [0.05, 0.1) is 13.2 Å². The zero-order chi connectivity index (χ0) is 16.5. The lowest BCUT2D eigenvalue weighted by Gasteiger charge is -2.31. The Balaban J connectivity index is 4.34. The van der Waals surface area contributed by atoms with Gasteiger partial charge in [-0.2, -0.15) is 0 Å². The van der Waals surface area contributed by atoms with Crippen molar-refractivity contribution in [2.45, 2.75) is 51.9 Å². The Hall–Kier alpha value is -1.48. The molecule has 21 heavy (non-hydrogen) atoms. The lowest BCUT2D eigenvalue weighted by atomic mass is 10.2. The van der Waals surface area contributed by atoms with E-state index in [2.05, 4.69) is 55.4 Å². The van der Waals surface area contributed by atoms with Gasteiger partial charge >= 0.3 is 5.97 Å². The van der Waals surface area contributed by atoms with E-state index in [9.17, 15) is 4.79 Å². The molecule has 7 heteroatoms. The van der Waals surface area contributed by atoms with E-state index < -0.39 is 20.1 Å². The van der Waals surface area contributed by atoms with Crippen LogP contribution in [0.4, 0.5) is 0 Å². The third-order valence-electron chi connectivity index (χ3n) is 3.44. The molecular weight excluding hydrogens is 286 g/mol. The Morgan fingerprint density at radius 1 is 1.43 bits per heavy atom. The maximum Gasteiger partial charge on any atom is 0.302 e. The normalized spacial score (nSPS) is 12.7. The number of hydrogen-bond acceptors (Lipinski definition) is 4. The van der Waals surface area contributed by atoms with E-state index in [1.807, 2.05) is 0 Å². The molecular formula is C14H25N3O3Si. The van der Waals surface area contributed by atoms with Gasteiger partial charge in [-0.25, -0.2) is 0 Å². The van der Waals surface area contributed by atoms with Crippen LogP contribution in [0.3, 0.4) is 0 Å². The number of carbonyl (C=O) groups is 1. The highest BCUT2D eigenvalue weighted by atomic mass is 28.3. The number of azide groups is 1. The van der Waals surface area contributed by atoms with E-state index in [0.29, 0.717) is 0 Å². The molecule has 0 aromatic carbocycles. The quantitative estimate of drug-likeness (QED) is 0.143. The van der Waals surface area contributed by atoms with Gasteiger partial charge in [-0.3, -0.25) is 4.79 Å². The van der Waals surface area contributed by atoms with Crippen LogP contribution < -0.4 is 0 Å². The lowest BCUT2D eigenvalue weighted by Crippen LogP contribution is -2.35. The largest absolute Gasteiger partial charge is 0.460 e. The second-order valence-electron chi connectivity index (χ2n) is 6.34. The summed E-state index contributed by atoms with van der Waals surface area (Å²) >= 11 is 0. The van der Waals surface area contributed by atoms with Crippen molar-refractivity contribution in [2.75, 3.05) is 19.8 Å². The van der Waals surface area contributed by atoms with Crippen molar-refractivity contribution in [3.05, 3.63) is 10.4 Å². The summed E-state index contributed by atoms with van der Waals surface area (Å²) in [6.45, 7) is 12.9. The van der Waals surface area contributed by atoms with Gasteiger partial charge in [0.25, 0.3) is 0 Å². The van der Waals surface area contributed by atoms with Crippen molar-refractivity contribution < 1.29 is 14.3 Å². The fourth-order valence-corrected chi connectivity index (χ4v) is 2.06. The van der Waals surface area contributed by atoms with E-state index in [1.165, 1.54) is 6.92 Å². The van der Waals surface area contributed by atoms with E-state index in [1.54, 1.807) is 0 Å². The smallest absolute Gasteiger partial charge is 0.302 e. The third kappa shape index (κ3) is 8.40. The zero-order valence-electron chi connectivity index (χ0n) is 13.8. The van der Waals surface area contributed by atoms with Crippen molar-refractivity contribution in [1.82, 2.24) is 0 Å². The fraction of sp³-hybridized carbons (Fsp3) is 0.786. The molecule has 0 heterocycles. The van der Waals surface area contributed by atoms with Crippen LogP contribution in [0.15, 0.2) is 5.11 Å². The Morgan fingerprint density at radius 3 is 2.52 bits per heavy atom. The number of nitrogens with zero attached hydrogens (tertiary/aromatic N) is 3. The van der Waals surface area contributed by atoms with Crippen molar-refractivity contribution in [1.29, 1.82) is 0 Å². The average Bonchev–Trinajstić information content (AvgIpc) is 2.33. The number of carbonyl (C=O) groups excluding carboxylic acids is 1. The number of esters is 1. The monoisotopic (exact) mass is 311 g/mol. The molecule has 0 N–H and O–H groups in total. The second-order valence-corrected chi connectivity index (χ2v) is 11.3. The number of ether oxygens (including phenoxy) is 2. The van der Waals surface area contributed by atoms with Crippen LogP contribution >= 0.6 is 0 Å². The number of rotatable bonds is 6. The molecule has 0 aromatic rings. The molecule has 118 valence electrons. The Morgan fingerprint density at radius 2 is 2.05 bits per heavy atom. The van der Waals surface area contributed by atoms with Crippen molar-refractivity contribution in [3.63, 3.8) is 0 Å². The van der Waals surface area contributed by atoms with E-state index in [4.69, 9.17) is 15.0 Å². The molecule has 0 aliphatic heterocycles. The SMILES string of the molecule is CC(=O)O[C@H](CN=[N+]=[N-])COCC#C[Si](C)(C)C(C)(C)C. The van der Waals surface area contributed by atoms with Crippen LogP contribution in [-0.4, -0.2) is 39.9 Å². The maximum atomic E-state index is 10.9. The Labute approximate surface area is 127 Å². The molecule has 0 aliphatic rings. The molecule has 6 nitrogen and oxygen atoms in total. The standard InChI is InChI=1S/C14H25N3O3Si/c1-12(18)20-13(10-16-17-15)11-19-8-7-9-21(5,6)14(2,3)4/h13H,8,10-11H2,1-6H3/t13-/m1/s1. The van der Waals surface area contributed by atoms with Crippen molar-refractivity contribution >= 4 is 14.0 Å². The highest BCUT2D eigenvalue weighted by Crippen LogP contribution is 2.34. The molecule has 0 unspecified atom stereocenters. The molecule has 0 aliphatic carbocycles. The van der Waals surface area contributed by atoms with Gasteiger partial charge in [-0.15, -0.1) is 5.54 Å². The van der Waals surface area contributed by atoms with Crippen LogP contribution in [0.2, 0.25) is 18.1 Å². The first kappa shape index (κ1) is 19.5. The minimum atomic E-state index is -1.62. The van der Waals surface area contributed by atoms with Gasteiger partial charge in [0.1, 0.15) is 20.8 Å². The third-order valence-corrected chi connectivity index (χ3v) is 7.99. The van der Waals surface area contributed by atoms with Gasteiger partial charge < -0.3 is 9.47 Å². The molecule has 1 atom stereocenters. The molecule has 0 amide bonds. The molecule has 0 saturated heterocycles. The predicted molar refractivity (Wildman–Crippen MR) is 85.4 cm³/mol. The summed E-state index contributed by atoms with van der Waals surface area (Å²) in [6.07, 6.45) is -0.562. The first-order valence-electron chi connectivity index (χ1n) is 6.86. The first-order valence-corrected chi connectivity index (χ1v) is 9.86. The van der Waals surface area contributed by atoms with Gasteiger partial charge in [0.15, 0.2) is 0 Å². The minimum Gasteiger partial charge on any atom is -0.460 e. The molecule has 0 aromatic heterocycles. The molecule has 0 spiro atoms. The van der Waals surface area contributed by atoms with E-state index in [-0.39, 0.29) is 24.8 Å². The van der Waals surface area contributed by atoms with Crippen LogP contribution in [-0.2, 0) is 14.3 Å². The van der Waals surface area contributed by atoms with Crippen LogP contribution in [0, 0.1) is 11.5 Å². The van der Waals surface area contributed by atoms with Crippen LogP contribution in [0.1, 0.15) is 27.7 Å². The second kappa shape index (κ2) is 8.73. The Bertz CT molecular complexity index is 450. The predicted octanol–water partition coefficient (Wildman–Crippen LogP) is 3.30. The topological polar surface area (TPSA) is 84.3 Å². The minimum absolute atomic E-state index is 0.0613. The molecule has 0 fully saturated rings. The fourth-order valence-electron chi connectivity index (χ4n) is 1.17. The summed E-state index contributed by atoms with van der Waals surface area (Å²) in [5.41, 5.74) is 11.6. The van der Waals surface area contributed by atoms with Gasteiger partial charge in [0, 0.05) is 11.8 Å². The molecule has 0 radical (unpaired) electrons. The first-order chi connectivity index (χ1) is 9.60. The van der Waals surface area contributed by atoms with Gasteiger partial charge in [-0.1, -0.05) is 44.9 Å². The summed E-state index contributed by atoms with van der Waals surface area (Å²) in [4.78, 5) is 13.6. The van der Waals surface area contributed by atoms with Crippen molar-refractivity contribution in [2.24, 2.45) is 5.11 Å². The maximum absolute atomic E-state index is 10.9. The van der Waals surface area contributed by atoms with Crippen LogP contribution in [0.5, 0.6) is 0 Å². The van der Waals surface area contributed by atoms with Crippen LogP contribution in [0.25, 0.3) is 10.4 Å². The zero-order valence-corrected chi connectivity index (χ0v) is 14.8. The average molecular weight is 311 g/mol. The molecule has 0 rings (SSSR count). The highest BCUT2D eigenvalue weighted by Gasteiger charge is 2.33. The van der Waals surface area contributed by atoms with E-state index >= 15 is 0 Å². The summed E-state index contributed by atoms with van der Waals surface area (Å²) < 4.78 is 10.4. The summed E-state index contributed by atoms with van der Waals surface area (Å²) in [5, 5.41) is 3.60. The van der Waals surface area contributed by atoms with Gasteiger partial charge in [0.2, 0.25) is 0 Å². The number of hydrogen-bond donors (Lipinski definition) is 0. The Kier molecular flexibility index (Phi) is 8.11. The van der Waals surface area contributed by atoms with Gasteiger partial charge in [-0.05, 0) is 10.6 Å². The lowest BCUT2D eigenvalue weighted by molar-refractivity contribution is -0.148. The summed E-state index contributed by atoms with van der Waals surface area (Å²) in [5.74, 6) is 2.62. The molecule has 0 saturated carbocycles.